The topological polar surface area (TPSA) is 41.6 Å². The van der Waals surface area contributed by atoms with Gasteiger partial charge in [0.2, 0.25) is 5.91 Å². The van der Waals surface area contributed by atoms with E-state index in [1.54, 1.807) is 12.1 Å². The molecular formula is C21H31FN2O2. The van der Waals surface area contributed by atoms with Gasteiger partial charge in [-0.05, 0) is 36.5 Å². The summed E-state index contributed by atoms with van der Waals surface area (Å²) in [5, 5.41) is 3.24. The molecule has 1 aliphatic carbocycles. The Kier molecular flexibility index (Phi) is 6.30. The van der Waals surface area contributed by atoms with Crippen molar-refractivity contribution in [2.24, 2.45) is 5.92 Å². The van der Waals surface area contributed by atoms with E-state index in [-0.39, 0.29) is 11.7 Å². The van der Waals surface area contributed by atoms with Crippen LogP contribution in [0.15, 0.2) is 24.3 Å². The molecule has 1 aromatic carbocycles. The Hall–Kier alpha value is -1.46. The van der Waals surface area contributed by atoms with Crippen LogP contribution in [0, 0.1) is 11.7 Å². The number of carbonyl (C=O) groups excluding carboxylic acids is 1. The summed E-state index contributed by atoms with van der Waals surface area (Å²) in [5.74, 6) is 0.300. The van der Waals surface area contributed by atoms with E-state index in [9.17, 15) is 9.18 Å². The zero-order valence-corrected chi connectivity index (χ0v) is 16.0. The van der Waals surface area contributed by atoms with Crippen LogP contribution in [0.3, 0.4) is 0 Å². The second kappa shape index (κ2) is 8.49. The summed E-state index contributed by atoms with van der Waals surface area (Å²) in [6.45, 7) is 8.42. The maximum absolute atomic E-state index is 13.3. The van der Waals surface area contributed by atoms with Crippen LogP contribution >= 0.6 is 0 Å². The second-order valence-electron chi connectivity index (χ2n) is 7.97. The van der Waals surface area contributed by atoms with Crippen LogP contribution in [-0.2, 0) is 14.9 Å². The summed E-state index contributed by atoms with van der Waals surface area (Å²) in [7, 11) is 0. The first-order chi connectivity index (χ1) is 12.5. The number of nitrogens with one attached hydrogen (secondary N) is 1. The highest BCUT2D eigenvalue weighted by Gasteiger charge is 2.42. The van der Waals surface area contributed by atoms with Gasteiger partial charge in [-0.25, -0.2) is 4.39 Å². The van der Waals surface area contributed by atoms with E-state index in [1.807, 2.05) is 0 Å². The minimum atomic E-state index is -0.500. The van der Waals surface area contributed by atoms with Crippen molar-refractivity contribution < 1.29 is 13.9 Å². The Balaban J connectivity index is 1.70. The third kappa shape index (κ3) is 4.09. The van der Waals surface area contributed by atoms with E-state index >= 15 is 0 Å². The van der Waals surface area contributed by atoms with Gasteiger partial charge in [0.05, 0.1) is 18.6 Å². The summed E-state index contributed by atoms with van der Waals surface area (Å²) in [6.07, 6.45) is 3.77. The van der Waals surface area contributed by atoms with Gasteiger partial charge in [0.1, 0.15) is 5.82 Å². The molecule has 1 amide bonds. The lowest BCUT2D eigenvalue weighted by Gasteiger charge is -2.38. The van der Waals surface area contributed by atoms with Crippen LogP contribution in [0.1, 0.15) is 45.1 Å². The molecule has 0 radical (unpaired) electrons. The summed E-state index contributed by atoms with van der Waals surface area (Å²) >= 11 is 0. The second-order valence-corrected chi connectivity index (χ2v) is 7.97. The first-order valence-corrected chi connectivity index (χ1v) is 9.89. The van der Waals surface area contributed by atoms with Gasteiger partial charge >= 0.3 is 0 Å². The van der Waals surface area contributed by atoms with E-state index in [4.69, 9.17) is 4.74 Å². The van der Waals surface area contributed by atoms with Crippen LogP contribution in [0.25, 0.3) is 0 Å². The fraction of sp³-hybridized carbons (Fsp3) is 0.667. The van der Waals surface area contributed by atoms with Crippen molar-refractivity contribution in [1.29, 1.82) is 0 Å². The number of ether oxygens (including phenoxy) is 1. The van der Waals surface area contributed by atoms with Gasteiger partial charge in [-0.1, -0.05) is 38.8 Å². The third-order valence-electron chi connectivity index (χ3n) is 6.04. The van der Waals surface area contributed by atoms with Crippen molar-refractivity contribution >= 4 is 5.91 Å². The zero-order valence-electron chi connectivity index (χ0n) is 16.0. The van der Waals surface area contributed by atoms with E-state index in [0.29, 0.717) is 18.5 Å². The molecule has 1 unspecified atom stereocenters. The molecule has 1 aromatic rings. The van der Waals surface area contributed by atoms with E-state index < -0.39 is 5.41 Å². The maximum atomic E-state index is 13.3. The van der Waals surface area contributed by atoms with Crippen LogP contribution < -0.4 is 5.32 Å². The van der Waals surface area contributed by atoms with Crippen molar-refractivity contribution in [2.75, 3.05) is 32.8 Å². The van der Waals surface area contributed by atoms with E-state index in [2.05, 4.69) is 24.1 Å². The van der Waals surface area contributed by atoms with Gasteiger partial charge in [-0.15, -0.1) is 0 Å². The first kappa shape index (κ1) is 19.3. The van der Waals surface area contributed by atoms with Crippen LogP contribution in [0.4, 0.5) is 4.39 Å². The Morgan fingerprint density at radius 2 is 1.81 bits per heavy atom. The molecular weight excluding hydrogens is 331 g/mol. The largest absolute Gasteiger partial charge is 0.379 e. The molecule has 1 aliphatic heterocycles. The average Bonchev–Trinajstić information content (AvgIpc) is 3.14. The lowest BCUT2D eigenvalue weighted by atomic mass is 9.78. The molecule has 0 spiro atoms. The Labute approximate surface area is 156 Å². The van der Waals surface area contributed by atoms with Crippen LogP contribution in [0.2, 0.25) is 0 Å². The molecule has 1 saturated carbocycles. The van der Waals surface area contributed by atoms with Crippen molar-refractivity contribution in [3.8, 4) is 0 Å². The lowest BCUT2D eigenvalue weighted by Crippen LogP contribution is -2.53. The fourth-order valence-electron chi connectivity index (χ4n) is 4.46. The average molecular weight is 362 g/mol. The SMILES string of the molecule is CC(C)C(CNC(=O)C1(c2ccc(F)cc2)CCCC1)N1CCOCC1. The number of carbonyl (C=O) groups is 1. The zero-order chi connectivity index (χ0) is 18.6. The van der Waals surface area contributed by atoms with Crippen LogP contribution in [-0.4, -0.2) is 49.7 Å². The molecule has 4 nitrogen and oxygen atoms in total. The summed E-state index contributed by atoms with van der Waals surface area (Å²) in [6, 6.07) is 6.81. The molecule has 1 N–H and O–H groups in total. The number of benzene rings is 1. The molecule has 1 atom stereocenters. The van der Waals surface area contributed by atoms with Gasteiger partial charge in [-0.2, -0.15) is 0 Å². The number of halogens is 1. The number of nitrogens with zero attached hydrogens (tertiary/aromatic N) is 1. The smallest absolute Gasteiger partial charge is 0.230 e. The van der Waals surface area contributed by atoms with Crippen molar-refractivity contribution in [2.45, 2.75) is 51.0 Å². The number of rotatable bonds is 6. The maximum Gasteiger partial charge on any atom is 0.230 e. The van der Waals surface area contributed by atoms with Gasteiger partial charge in [-0.3, -0.25) is 9.69 Å². The summed E-state index contributed by atoms with van der Waals surface area (Å²) in [5.41, 5.74) is 0.446. The quantitative estimate of drug-likeness (QED) is 0.845. The highest BCUT2D eigenvalue weighted by molar-refractivity contribution is 5.88. The molecule has 26 heavy (non-hydrogen) atoms. The number of hydrogen-bond acceptors (Lipinski definition) is 3. The first-order valence-electron chi connectivity index (χ1n) is 9.89. The molecule has 2 fully saturated rings. The van der Waals surface area contributed by atoms with Gasteiger partial charge in [0.25, 0.3) is 0 Å². The molecule has 0 aromatic heterocycles. The standard InChI is InChI=1S/C21H31FN2O2/c1-16(2)19(24-11-13-26-14-12-24)15-23-20(25)21(9-3-4-10-21)17-5-7-18(22)8-6-17/h5-8,16,19H,3-4,9-15H2,1-2H3,(H,23,25). The molecule has 0 bridgehead atoms. The molecule has 5 heteroatoms. The van der Waals surface area contributed by atoms with Gasteiger partial charge in [0.15, 0.2) is 0 Å². The van der Waals surface area contributed by atoms with Crippen molar-refractivity contribution in [1.82, 2.24) is 10.2 Å². The number of amides is 1. The molecule has 2 aliphatic rings. The van der Waals surface area contributed by atoms with Gasteiger partial charge < -0.3 is 10.1 Å². The number of hydrogen-bond donors (Lipinski definition) is 1. The van der Waals surface area contributed by atoms with E-state index in [1.165, 1.54) is 12.1 Å². The van der Waals surface area contributed by atoms with Gasteiger partial charge in [0, 0.05) is 25.7 Å². The summed E-state index contributed by atoms with van der Waals surface area (Å²) < 4.78 is 18.8. The minimum Gasteiger partial charge on any atom is -0.379 e. The Bertz CT molecular complexity index is 591. The monoisotopic (exact) mass is 362 g/mol. The summed E-state index contributed by atoms with van der Waals surface area (Å²) in [4.78, 5) is 15.6. The molecule has 3 rings (SSSR count). The van der Waals surface area contributed by atoms with Crippen molar-refractivity contribution in [3.05, 3.63) is 35.6 Å². The Morgan fingerprint density at radius 1 is 1.19 bits per heavy atom. The fourth-order valence-corrected chi connectivity index (χ4v) is 4.46. The van der Waals surface area contributed by atoms with Crippen LogP contribution in [0.5, 0.6) is 0 Å². The van der Waals surface area contributed by atoms with E-state index in [0.717, 1.165) is 57.6 Å². The number of morpholine rings is 1. The lowest BCUT2D eigenvalue weighted by molar-refractivity contribution is -0.127. The third-order valence-corrected chi connectivity index (χ3v) is 6.04. The minimum absolute atomic E-state index is 0.0977. The predicted octanol–water partition coefficient (Wildman–Crippen LogP) is 3.11. The molecule has 144 valence electrons. The molecule has 1 heterocycles. The highest BCUT2D eigenvalue weighted by atomic mass is 19.1. The molecule has 1 saturated heterocycles. The normalized spacial score (nSPS) is 21.7. The highest BCUT2D eigenvalue weighted by Crippen LogP contribution is 2.41. The van der Waals surface area contributed by atoms with Crippen molar-refractivity contribution in [3.63, 3.8) is 0 Å². The predicted molar refractivity (Wildman–Crippen MR) is 101 cm³/mol. The Morgan fingerprint density at radius 3 is 2.38 bits per heavy atom.